The molecule has 0 aliphatic heterocycles. The Morgan fingerprint density at radius 2 is 0.367 bits per heavy atom. The number of phosphoric ester groups is 2. The Balaban J connectivity index is 5.20. The van der Waals surface area contributed by atoms with Crippen LogP contribution in [0.2, 0.25) is 0 Å². The Hall–Kier alpha value is -1.94. The molecule has 0 aliphatic rings. The van der Waals surface area contributed by atoms with Gasteiger partial charge in [0.25, 0.3) is 0 Å². The number of aliphatic hydroxyl groups excluding tert-OH is 1. The highest BCUT2D eigenvalue weighted by atomic mass is 31.2. The molecule has 0 rings (SSSR count). The van der Waals surface area contributed by atoms with E-state index < -0.39 is 97.5 Å². The monoisotopic (exact) mass is 1590 g/mol. The second kappa shape index (κ2) is 84.0. The number of hydrogen-bond acceptors (Lipinski definition) is 15. The van der Waals surface area contributed by atoms with Crippen molar-refractivity contribution in [2.24, 2.45) is 0 Å². The average Bonchev–Trinajstić information content (AvgIpc) is 0.934. The Bertz CT molecular complexity index is 2050. The van der Waals surface area contributed by atoms with E-state index >= 15 is 0 Å². The normalized spacial score (nSPS) is 13.6. The van der Waals surface area contributed by atoms with Crippen molar-refractivity contribution in [2.75, 3.05) is 39.6 Å². The summed E-state index contributed by atoms with van der Waals surface area (Å²) in [7, 11) is -9.93. The molecule has 0 aliphatic carbocycles. The van der Waals surface area contributed by atoms with E-state index in [9.17, 15) is 43.2 Å². The van der Waals surface area contributed by atoms with Crippen LogP contribution >= 0.6 is 15.6 Å². The van der Waals surface area contributed by atoms with Gasteiger partial charge in [-0.2, -0.15) is 0 Å². The maximum absolute atomic E-state index is 13.2. The average molecular weight is 1590 g/mol. The molecule has 2 unspecified atom stereocenters. The van der Waals surface area contributed by atoms with Crippen LogP contribution in [0.15, 0.2) is 0 Å². The molecule has 0 radical (unpaired) electrons. The highest BCUT2D eigenvalue weighted by molar-refractivity contribution is 7.47. The minimum absolute atomic E-state index is 0.109. The van der Waals surface area contributed by atoms with Crippen LogP contribution < -0.4 is 0 Å². The maximum Gasteiger partial charge on any atom is 0.472 e. The molecule has 0 heterocycles. The Morgan fingerprint density at radius 3 is 0.541 bits per heavy atom. The van der Waals surface area contributed by atoms with Gasteiger partial charge < -0.3 is 33.8 Å². The molecule has 3 N–H and O–H groups in total. The molecule has 0 fully saturated rings. The molecule has 0 aromatic carbocycles. The van der Waals surface area contributed by atoms with E-state index in [1.54, 1.807) is 0 Å². The first-order valence-electron chi connectivity index (χ1n) is 46.8. The highest BCUT2D eigenvalue weighted by Gasteiger charge is 2.30. The van der Waals surface area contributed by atoms with Crippen molar-refractivity contribution in [3.63, 3.8) is 0 Å². The smallest absolute Gasteiger partial charge is 0.462 e. The number of ether oxygens (including phenoxy) is 4. The summed E-state index contributed by atoms with van der Waals surface area (Å²) in [6, 6.07) is 0. The van der Waals surface area contributed by atoms with Gasteiger partial charge in [-0.25, -0.2) is 9.13 Å². The minimum atomic E-state index is -4.97. The number of carbonyl (C=O) groups excluding carboxylic acids is 4. The number of unbranched alkanes of at least 4 members (excludes halogenated alkanes) is 65. The van der Waals surface area contributed by atoms with Gasteiger partial charge in [-0.05, 0) is 25.7 Å². The van der Waals surface area contributed by atoms with Crippen LogP contribution in [0.25, 0.3) is 0 Å². The van der Waals surface area contributed by atoms with Gasteiger partial charge in [0.15, 0.2) is 12.2 Å². The van der Waals surface area contributed by atoms with E-state index in [4.69, 9.17) is 37.0 Å². The van der Waals surface area contributed by atoms with Crippen molar-refractivity contribution in [3.05, 3.63) is 0 Å². The molecular weight excluding hydrogens is 1410 g/mol. The zero-order valence-corrected chi connectivity index (χ0v) is 73.3. The number of hydrogen-bond donors (Lipinski definition) is 3. The Kier molecular flexibility index (Phi) is 82.5. The lowest BCUT2D eigenvalue weighted by molar-refractivity contribution is -0.161. The number of carbonyl (C=O) groups is 4. The van der Waals surface area contributed by atoms with Gasteiger partial charge in [0, 0.05) is 25.7 Å². The zero-order valence-electron chi connectivity index (χ0n) is 71.5. The molecule has 0 aromatic rings. The third kappa shape index (κ3) is 83.8. The molecule has 5 atom stereocenters. The molecule has 0 bridgehead atoms. The molecule has 19 heteroatoms. The van der Waals surface area contributed by atoms with E-state index in [2.05, 4.69) is 27.7 Å². The SMILES string of the molecule is CCCCCCCCCCCCCCCCCCCCCCCCC(=O)OC[C@H](COP(=O)(O)OC[C@@H](O)COP(=O)(O)OC[C@@H](COC(=O)CCCCCCCCCCCCCC)OC(=O)CCCCCCCCCCCCCCC)OC(=O)CCCCCCCCCCCCCCCCCCCCCCCC. The first-order chi connectivity index (χ1) is 53.2. The summed E-state index contributed by atoms with van der Waals surface area (Å²) >= 11 is 0. The van der Waals surface area contributed by atoms with Crippen molar-refractivity contribution < 1.29 is 80.2 Å². The summed E-state index contributed by atoms with van der Waals surface area (Å²) in [5, 5.41) is 10.7. The van der Waals surface area contributed by atoms with Crippen LogP contribution in [0.1, 0.15) is 496 Å². The van der Waals surface area contributed by atoms with Gasteiger partial charge in [-0.15, -0.1) is 0 Å². The van der Waals surface area contributed by atoms with Gasteiger partial charge in [0.05, 0.1) is 26.4 Å². The fraction of sp³-hybridized carbons (Fsp3) is 0.956. The van der Waals surface area contributed by atoms with Crippen LogP contribution in [-0.4, -0.2) is 96.7 Å². The summed E-state index contributed by atoms with van der Waals surface area (Å²) in [5.74, 6) is -2.09. The predicted octanol–water partition coefficient (Wildman–Crippen LogP) is 28.1. The van der Waals surface area contributed by atoms with Gasteiger partial charge >= 0.3 is 39.5 Å². The number of esters is 4. The maximum atomic E-state index is 13.2. The molecule has 0 saturated carbocycles. The molecule has 0 aromatic heterocycles. The lowest BCUT2D eigenvalue weighted by Crippen LogP contribution is -2.30. The Labute approximate surface area is 670 Å². The topological polar surface area (TPSA) is 237 Å². The predicted molar refractivity (Wildman–Crippen MR) is 451 cm³/mol. The van der Waals surface area contributed by atoms with E-state index in [-0.39, 0.29) is 25.7 Å². The van der Waals surface area contributed by atoms with E-state index in [0.29, 0.717) is 25.7 Å². The largest absolute Gasteiger partial charge is 0.472 e. The molecule has 0 saturated heterocycles. The summed E-state index contributed by atoms with van der Waals surface area (Å²) < 4.78 is 69.0. The van der Waals surface area contributed by atoms with Crippen molar-refractivity contribution in [3.8, 4) is 0 Å². The number of rotatable bonds is 91. The van der Waals surface area contributed by atoms with Gasteiger partial charge in [-0.1, -0.05) is 445 Å². The quantitative estimate of drug-likeness (QED) is 0.0222. The highest BCUT2D eigenvalue weighted by Crippen LogP contribution is 2.45. The first-order valence-corrected chi connectivity index (χ1v) is 49.8. The van der Waals surface area contributed by atoms with E-state index in [1.165, 1.54) is 327 Å². The second-order valence-corrected chi connectivity index (χ2v) is 35.3. The lowest BCUT2D eigenvalue weighted by atomic mass is 10.0. The zero-order chi connectivity index (χ0) is 79.6. The first kappa shape index (κ1) is 107. The van der Waals surface area contributed by atoms with Crippen molar-refractivity contribution in [1.29, 1.82) is 0 Å². The van der Waals surface area contributed by atoms with Crippen LogP contribution in [0, 0.1) is 0 Å². The van der Waals surface area contributed by atoms with Gasteiger partial charge in [-0.3, -0.25) is 37.3 Å². The van der Waals surface area contributed by atoms with E-state index in [0.717, 1.165) is 89.9 Å². The van der Waals surface area contributed by atoms with Crippen LogP contribution in [0.4, 0.5) is 0 Å². The number of aliphatic hydroxyl groups is 1. The Morgan fingerprint density at radius 1 is 0.220 bits per heavy atom. The summed E-state index contributed by atoms with van der Waals surface area (Å²) in [4.78, 5) is 73.3. The van der Waals surface area contributed by atoms with Crippen molar-refractivity contribution in [1.82, 2.24) is 0 Å². The molecule has 0 amide bonds. The third-order valence-corrected chi connectivity index (χ3v) is 23.3. The molecule has 0 spiro atoms. The molecule has 17 nitrogen and oxygen atoms in total. The lowest BCUT2D eigenvalue weighted by Gasteiger charge is -2.21. The van der Waals surface area contributed by atoms with Crippen LogP contribution in [0.3, 0.4) is 0 Å². The summed E-state index contributed by atoms with van der Waals surface area (Å²) in [6.07, 6.45) is 80.7. The minimum Gasteiger partial charge on any atom is -0.462 e. The van der Waals surface area contributed by atoms with Gasteiger partial charge in [0.2, 0.25) is 0 Å². The fourth-order valence-corrected chi connectivity index (χ4v) is 15.8. The van der Waals surface area contributed by atoms with Gasteiger partial charge in [0.1, 0.15) is 19.3 Å². The third-order valence-electron chi connectivity index (χ3n) is 21.4. The summed E-state index contributed by atoms with van der Waals surface area (Å²) in [6.45, 7) is 5.07. The standard InChI is InChI=1S/C90H176O17P2/c1-5-9-13-17-21-25-29-33-35-37-39-41-43-45-47-49-52-55-59-63-67-71-75-88(93)101-81-86(107-90(95)77-73-69-65-61-57-53-50-48-46-44-42-40-38-36-34-30-26-22-18-14-10-6-2)83-105-109(98,99)103-79-84(91)78-102-108(96,97)104-82-85(80-100-87(92)74-70-66-62-58-54-32-28-24-20-16-12-8-4)106-89(94)76-72-68-64-60-56-51-31-27-23-19-15-11-7-3/h84-86,91H,5-83H2,1-4H3,(H,96,97)(H,98,99)/t84-,85+,86+/m0/s1. The van der Waals surface area contributed by atoms with Crippen molar-refractivity contribution >= 4 is 39.5 Å². The molecule has 648 valence electrons. The summed E-state index contributed by atoms with van der Waals surface area (Å²) in [5.41, 5.74) is 0. The van der Waals surface area contributed by atoms with Crippen molar-refractivity contribution in [2.45, 2.75) is 515 Å². The van der Waals surface area contributed by atoms with Crippen LogP contribution in [-0.2, 0) is 65.4 Å². The second-order valence-electron chi connectivity index (χ2n) is 32.3. The molecule has 109 heavy (non-hydrogen) atoms. The fourth-order valence-electron chi connectivity index (χ4n) is 14.2. The number of phosphoric acid groups is 2. The van der Waals surface area contributed by atoms with Crippen LogP contribution in [0.5, 0.6) is 0 Å². The molecular formula is C90H176O17P2. The van der Waals surface area contributed by atoms with E-state index in [1.807, 2.05) is 0 Å².